The van der Waals surface area contributed by atoms with Crippen molar-refractivity contribution in [2.24, 2.45) is 4.99 Å². The van der Waals surface area contributed by atoms with Gasteiger partial charge in [-0.3, -0.25) is 4.99 Å². The summed E-state index contributed by atoms with van der Waals surface area (Å²) in [6, 6.07) is 14.1. The van der Waals surface area contributed by atoms with Crippen molar-refractivity contribution in [1.82, 2.24) is 15.2 Å². The third-order valence-electron chi connectivity index (χ3n) is 4.35. The summed E-state index contributed by atoms with van der Waals surface area (Å²) in [5.74, 6) is 2.85. The van der Waals surface area contributed by atoms with Gasteiger partial charge >= 0.3 is 0 Å². The number of hydrogen-bond donors (Lipinski definition) is 1. The Bertz CT molecular complexity index is 696. The molecule has 1 aliphatic heterocycles. The highest BCUT2D eigenvalue weighted by Crippen LogP contribution is 2.14. The Balaban J connectivity index is 1.54. The lowest BCUT2D eigenvalue weighted by Gasteiger charge is -2.37. The second kappa shape index (κ2) is 8.37. The summed E-state index contributed by atoms with van der Waals surface area (Å²) in [7, 11) is 3.52. The number of hydrogen-bond acceptors (Lipinski definition) is 4. The number of anilines is 1. The monoisotopic (exact) mass is 339 g/mol. The van der Waals surface area contributed by atoms with Crippen LogP contribution in [0.5, 0.6) is 5.75 Å². The summed E-state index contributed by atoms with van der Waals surface area (Å²) in [5, 5.41) is 3.45. The Morgan fingerprint density at radius 3 is 2.68 bits per heavy atom. The van der Waals surface area contributed by atoms with Gasteiger partial charge in [0.2, 0.25) is 0 Å². The summed E-state index contributed by atoms with van der Waals surface area (Å²) in [6.07, 6.45) is 1.84. The zero-order chi connectivity index (χ0) is 17.5. The molecule has 0 aliphatic carbocycles. The molecule has 132 valence electrons. The third-order valence-corrected chi connectivity index (χ3v) is 4.35. The molecule has 2 aromatic rings. The molecule has 0 spiro atoms. The Morgan fingerprint density at radius 2 is 2.00 bits per heavy atom. The van der Waals surface area contributed by atoms with Gasteiger partial charge in [0.25, 0.3) is 0 Å². The minimum absolute atomic E-state index is 0.727. The number of nitrogens with one attached hydrogen (secondary N) is 1. The van der Waals surface area contributed by atoms with Crippen LogP contribution >= 0.6 is 0 Å². The summed E-state index contributed by atoms with van der Waals surface area (Å²) >= 11 is 0. The first-order chi connectivity index (χ1) is 12.3. The Labute approximate surface area is 149 Å². The van der Waals surface area contributed by atoms with E-state index in [4.69, 9.17) is 4.74 Å². The smallest absolute Gasteiger partial charge is 0.194 e. The molecule has 1 N–H and O–H groups in total. The SMILES string of the molecule is CN=C(NCc1cccc(OC)c1)N1CCN(c2ccccn2)CC1. The zero-order valence-corrected chi connectivity index (χ0v) is 14.9. The Hall–Kier alpha value is -2.76. The van der Waals surface area contributed by atoms with Gasteiger partial charge < -0.3 is 19.9 Å². The predicted octanol–water partition coefficient (Wildman–Crippen LogP) is 1.99. The maximum Gasteiger partial charge on any atom is 0.194 e. The molecular formula is C19H25N5O. The second-order valence-corrected chi connectivity index (χ2v) is 5.91. The molecule has 25 heavy (non-hydrogen) atoms. The van der Waals surface area contributed by atoms with Crippen LogP contribution < -0.4 is 15.0 Å². The van der Waals surface area contributed by atoms with Gasteiger partial charge in [0.1, 0.15) is 11.6 Å². The third kappa shape index (κ3) is 4.41. The Morgan fingerprint density at radius 1 is 1.16 bits per heavy atom. The topological polar surface area (TPSA) is 53.0 Å². The molecule has 1 aromatic carbocycles. The molecule has 2 heterocycles. The van der Waals surface area contributed by atoms with Gasteiger partial charge in [-0.15, -0.1) is 0 Å². The lowest BCUT2D eigenvalue weighted by molar-refractivity contribution is 0.371. The number of rotatable bonds is 4. The first-order valence-electron chi connectivity index (χ1n) is 8.54. The maximum atomic E-state index is 5.28. The molecule has 0 unspecified atom stereocenters. The fourth-order valence-corrected chi connectivity index (χ4v) is 2.98. The number of nitrogens with zero attached hydrogens (tertiary/aromatic N) is 4. The number of aromatic nitrogens is 1. The van der Waals surface area contributed by atoms with Crippen LogP contribution in [-0.2, 0) is 6.54 Å². The number of guanidine groups is 1. The second-order valence-electron chi connectivity index (χ2n) is 5.91. The highest BCUT2D eigenvalue weighted by Gasteiger charge is 2.20. The molecule has 1 saturated heterocycles. The van der Waals surface area contributed by atoms with Gasteiger partial charge in [0, 0.05) is 46.0 Å². The molecule has 1 fully saturated rings. The molecule has 1 aliphatic rings. The van der Waals surface area contributed by atoms with Crippen LogP contribution in [-0.4, -0.2) is 56.2 Å². The van der Waals surface area contributed by atoms with Gasteiger partial charge in [-0.25, -0.2) is 4.98 Å². The molecule has 0 saturated carbocycles. The van der Waals surface area contributed by atoms with Crippen molar-refractivity contribution in [2.75, 3.05) is 45.2 Å². The van der Waals surface area contributed by atoms with Gasteiger partial charge in [0.05, 0.1) is 7.11 Å². The molecule has 0 bridgehead atoms. The van der Waals surface area contributed by atoms with Crippen LogP contribution in [0.3, 0.4) is 0 Å². The fourth-order valence-electron chi connectivity index (χ4n) is 2.98. The summed E-state index contributed by atoms with van der Waals surface area (Å²) in [4.78, 5) is 13.5. The lowest BCUT2D eigenvalue weighted by Crippen LogP contribution is -2.52. The van der Waals surface area contributed by atoms with Crippen molar-refractivity contribution in [3.63, 3.8) is 0 Å². The van der Waals surface area contributed by atoms with E-state index in [-0.39, 0.29) is 0 Å². The van der Waals surface area contributed by atoms with Crippen molar-refractivity contribution in [3.8, 4) is 5.75 Å². The van der Waals surface area contributed by atoms with E-state index in [0.29, 0.717) is 0 Å². The van der Waals surface area contributed by atoms with Crippen molar-refractivity contribution < 1.29 is 4.74 Å². The van der Waals surface area contributed by atoms with Gasteiger partial charge in [0.15, 0.2) is 5.96 Å². The molecule has 6 heteroatoms. The standard InChI is InChI=1S/C19H25N5O/c1-20-19(22-15-16-6-5-7-17(14-16)25-2)24-12-10-23(11-13-24)18-8-3-4-9-21-18/h3-9,14H,10-13,15H2,1-2H3,(H,20,22). The van der Waals surface area contributed by atoms with Crippen molar-refractivity contribution >= 4 is 11.8 Å². The molecule has 1 aromatic heterocycles. The van der Waals surface area contributed by atoms with Gasteiger partial charge in [-0.05, 0) is 29.8 Å². The average Bonchev–Trinajstić information content (AvgIpc) is 2.70. The number of pyridine rings is 1. The minimum Gasteiger partial charge on any atom is -0.497 e. The van der Waals surface area contributed by atoms with E-state index >= 15 is 0 Å². The lowest BCUT2D eigenvalue weighted by atomic mass is 10.2. The highest BCUT2D eigenvalue weighted by molar-refractivity contribution is 5.80. The van der Waals surface area contributed by atoms with Crippen molar-refractivity contribution in [1.29, 1.82) is 0 Å². The number of ether oxygens (including phenoxy) is 1. The number of benzene rings is 1. The van der Waals surface area contributed by atoms with E-state index in [2.05, 4.69) is 37.2 Å². The van der Waals surface area contributed by atoms with Crippen LogP contribution in [0.2, 0.25) is 0 Å². The van der Waals surface area contributed by atoms with Crippen LogP contribution in [0.15, 0.2) is 53.7 Å². The first-order valence-corrected chi connectivity index (χ1v) is 8.54. The van der Waals surface area contributed by atoms with E-state index in [1.807, 2.05) is 43.6 Å². The summed E-state index contributed by atoms with van der Waals surface area (Å²) in [5.41, 5.74) is 1.17. The molecule has 0 amide bonds. The molecular weight excluding hydrogens is 314 g/mol. The zero-order valence-electron chi connectivity index (χ0n) is 14.9. The van der Waals surface area contributed by atoms with Crippen molar-refractivity contribution in [2.45, 2.75) is 6.54 Å². The van der Waals surface area contributed by atoms with E-state index < -0.39 is 0 Å². The number of piperazine rings is 1. The predicted molar refractivity (Wildman–Crippen MR) is 101 cm³/mol. The summed E-state index contributed by atoms with van der Waals surface area (Å²) in [6.45, 7) is 4.46. The van der Waals surface area contributed by atoms with Crippen LogP contribution in [0.4, 0.5) is 5.82 Å². The highest BCUT2D eigenvalue weighted by atomic mass is 16.5. The normalized spacial score (nSPS) is 15.2. The van der Waals surface area contributed by atoms with Crippen LogP contribution in [0.25, 0.3) is 0 Å². The quantitative estimate of drug-likeness (QED) is 0.682. The van der Waals surface area contributed by atoms with E-state index in [1.54, 1.807) is 7.11 Å². The largest absolute Gasteiger partial charge is 0.497 e. The number of aliphatic imine (C=N–C) groups is 1. The van der Waals surface area contributed by atoms with E-state index in [9.17, 15) is 0 Å². The summed E-state index contributed by atoms with van der Waals surface area (Å²) < 4.78 is 5.28. The van der Waals surface area contributed by atoms with Crippen LogP contribution in [0.1, 0.15) is 5.56 Å². The molecule has 0 radical (unpaired) electrons. The van der Waals surface area contributed by atoms with E-state index in [0.717, 1.165) is 50.3 Å². The minimum atomic E-state index is 0.727. The Kier molecular flexibility index (Phi) is 5.72. The van der Waals surface area contributed by atoms with Gasteiger partial charge in [-0.1, -0.05) is 18.2 Å². The first kappa shape index (κ1) is 17.1. The fraction of sp³-hybridized carbons (Fsp3) is 0.368. The average molecular weight is 339 g/mol. The molecule has 6 nitrogen and oxygen atoms in total. The van der Waals surface area contributed by atoms with Gasteiger partial charge in [-0.2, -0.15) is 0 Å². The molecule has 3 rings (SSSR count). The van der Waals surface area contributed by atoms with Crippen molar-refractivity contribution in [3.05, 3.63) is 54.2 Å². The number of methoxy groups -OCH3 is 1. The van der Waals surface area contributed by atoms with E-state index in [1.165, 1.54) is 5.56 Å². The maximum absolute atomic E-state index is 5.28. The molecule has 0 atom stereocenters. The van der Waals surface area contributed by atoms with Crippen LogP contribution in [0, 0.1) is 0 Å².